The van der Waals surface area contributed by atoms with Crippen molar-refractivity contribution in [1.82, 2.24) is 0 Å². The van der Waals surface area contributed by atoms with Gasteiger partial charge in [0.15, 0.2) is 0 Å². The first kappa shape index (κ1) is 16.9. The zero-order valence-corrected chi connectivity index (χ0v) is 13.2. The minimum absolute atomic E-state index is 0.0262. The van der Waals surface area contributed by atoms with Crippen LogP contribution in [0.2, 0.25) is 0 Å². The van der Waals surface area contributed by atoms with E-state index in [-0.39, 0.29) is 30.2 Å². The van der Waals surface area contributed by atoms with Crippen LogP contribution in [-0.2, 0) is 9.53 Å². The number of hydrogen-bond donors (Lipinski definition) is 0. The normalized spacial score (nSPS) is 10.1. The van der Waals surface area contributed by atoms with Gasteiger partial charge in [0, 0.05) is 12.1 Å². The third-order valence-electron chi connectivity index (χ3n) is 2.21. The lowest BCUT2D eigenvalue weighted by Gasteiger charge is -2.07. The number of rotatable bonds is 6. The molecule has 0 aliphatic carbocycles. The molecule has 1 aromatic carbocycles. The molecule has 0 bridgehead atoms. The number of nitriles is 1. The number of benzene rings is 1. The van der Waals surface area contributed by atoms with Crippen molar-refractivity contribution in [2.45, 2.75) is 6.92 Å². The number of halogens is 1. The lowest BCUT2D eigenvalue weighted by molar-refractivity contribution is -0.385. The Labute approximate surface area is 134 Å². The Balaban J connectivity index is 2.86. The second-order valence-corrected chi connectivity index (χ2v) is 4.80. The molecule has 0 N–H and O–H groups in total. The number of carbonyl (C=O) groups is 1. The molecule has 0 aliphatic rings. The number of nitro benzene ring substituents is 1. The summed E-state index contributed by atoms with van der Waals surface area (Å²) in [5.74, 6) is -0.446. The van der Waals surface area contributed by atoms with Crippen molar-refractivity contribution >= 4 is 34.2 Å². The Kier molecular flexibility index (Phi) is 6.61. The van der Waals surface area contributed by atoms with E-state index in [1.165, 1.54) is 18.2 Å². The molecule has 8 heteroatoms. The molecule has 0 amide bonds. The number of nitro groups is 1. The summed E-state index contributed by atoms with van der Waals surface area (Å²) < 4.78 is 10.4. The van der Waals surface area contributed by atoms with Crippen molar-refractivity contribution in [1.29, 1.82) is 5.26 Å². The standard InChI is InChI=1S/C13H11IN2O5/c1-2-20-12(17)4-3-5-21-13-10(14)6-9(8-15)7-11(13)16(18)19/h3-4,6-7H,2,5H2,1H3/b4-3+. The summed E-state index contributed by atoms with van der Waals surface area (Å²) >= 11 is 1.85. The average Bonchev–Trinajstić information content (AvgIpc) is 2.44. The van der Waals surface area contributed by atoms with E-state index in [4.69, 9.17) is 10.00 Å². The zero-order chi connectivity index (χ0) is 15.8. The maximum atomic E-state index is 11.1. The molecule has 1 rings (SSSR count). The summed E-state index contributed by atoms with van der Waals surface area (Å²) in [5.41, 5.74) is -0.108. The van der Waals surface area contributed by atoms with Crippen molar-refractivity contribution in [3.8, 4) is 11.8 Å². The predicted molar refractivity (Wildman–Crippen MR) is 81.8 cm³/mol. The van der Waals surface area contributed by atoms with Crippen LogP contribution in [0.5, 0.6) is 5.75 Å². The lowest BCUT2D eigenvalue weighted by atomic mass is 10.2. The fraction of sp³-hybridized carbons (Fsp3) is 0.231. The van der Waals surface area contributed by atoms with E-state index in [1.807, 2.05) is 28.7 Å². The van der Waals surface area contributed by atoms with Gasteiger partial charge in [-0.25, -0.2) is 4.79 Å². The Bertz CT molecular complexity index is 622. The van der Waals surface area contributed by atoms with Crippen molar-refractivity contribution in [3.05, 3.63) is 43.5 Å². The first-order valence-electron chi connectivity index (χ1n) is 5.83. The van der Waals surface area contributed by atoms with Crippen LogP contribution in [0.25, 0.3) is 0 Å². The van der Waals surface area contributed by atoms with Crippen molar-refractivity contribution in [2.75, 3.05) is 13.2 Å². The molecule has 0 atom stereocenters. The highest BCUT2D eigenvalue weighted by Crippen LogP contribution is 2.33. The van der Waals surface area contributed by atoms with Gasteiger partial charge in [-0.15, -0.1) is 0 Å². The molecule has 110 valence electrons. The van der Waals surface area contributed by atoms with Gasteiger partial charge in [0.05, 0.1) is 26.7 Å². The molecule has 1 aromatic rings. The van der Waals surface area contributed by atoms with Crippen molar-refractivity contribution in [2.24, 2.45) is 0 Å². The molecule has 0 radical (unpaired) electrons. The molecule has 0 spiro atoms. The summed E-state index contributed by atoms with van der Waals surface area (Å²) in [5, 5.41) is 19.8. The summed E-state index contributed by atoms with van der Waals surface area (Å²) in [6.45, 7) is 1.93. The third kappa shape index (κ3) is 5.03. The van der Waals surface area contributed by atoms with Crippen LogP contribution >= 0.6 is 22.6 Å². The molecular weight excluding hydrogens is 391 g/mol. The van der Waals surface area contributed by atoms with Gasteiger partial charge < -0.3 is 9.47 Å². The van der Waals surface area contributed by atoms with E-state index in [0.717, 1.165) is 6.07 Å². The topological polar surface area (TPSA) is 102 Å². The highest BCUT2D eigenvalue weighted by Gasteiger charge is 2.20. The number of hydrogen-bond acceptors (Lipinski definition) is 6. The second kappa shape index (κ2) is 8.21. The van der Waals surface area contributed by atoms with Crippen LogP contribution < -0.4 is 4.74 Å². The van der Waals surface area contributed by atoms with Crippen LogP contribution in [0.3, 0.4) is 0 Å². The summed E-state index contributed by atoms with van der Waals surface area (Å²) in [4.78, 5) is 21.4. The van der Waals surface area contributed by atoms with Gasteiger partial charge in [0.2, 0.25) is 5.75 Å². The molecule has 0 saturated carbocycles. The van der Waals surface area contributed by atoms with Gasteiger partial charge in [-0.1, -0.05) is 0 Å². The Hall–Kier alpha value is -2.15. The van der Waals surface area contributed by atoms with E-state index in [9.17, 15) is 14.9 Å². The fourth-order valence-corrected chi connectivity index (χ4v) is 2.16. The zero-order valence-electron chi connectivity index (χ0n) is 11.0. The minimum Gasteiger partial charge on any atom is -0.482 e. The van der Waals surface area contributed by atoms with Gasteiger partial charge in [-0.05, 0) is 41.7 Å². The van der Waals surface area contributed by atoms with Gasteiger partial charge in [-0.3, -0.25) is 10.1 Å². The number of ether oxygens (including phenoxy) is 2. The molecule has 0 unspecified atom stereocenters. The van der Waals surface area contributed by atoms with Gasteiger partial charge in [0.1, 0.15) is 6.61 Å². The van der Waals surface area contributed by atoms with Crippen molar-refractivity contribution < 1.29 is 19.2 Å². The molecule has 0 saturated heterocycles. The van der Waals surface area contributed by atoms with Crippen LogP contribution in [-0.4, -0.2) is 24.1 Å². The van der Waals surface area contributed by atoms with E-state index >= 15 is 0 Å². The summed E-state index contributed by atoms with van der Waals surface area (Å²) in [7, 11) is 0. The second-order valence-electron chi connectivity index (χ2n) is 3.64. The molecule has 0 aliphatic heterocycles. The predicted octanol–water partition coefficient (Wildman–Crippen LogP) is 2.57. The van der Waals surface area contributed by atoms with Crippen LogP contribution in [0, 0.1) is 25.0 Å². The third-order valence-corrected chi connectivity index (χ3v) is 3.02. The molecular formula is C13H11IN2O5. The quantitative estimate of drug-likeness (QED) is 0.238. The lowest BCUT2D eigenvalue weighted by Crippen LogP contribution is -2.03. The minimum atomic E-state index is -0.618. The molecule has 0 heterocycles. The Morgan fingerprint density at radius 3 is 2.86 bits per heavy atom. The largest absolute Gasteiger partial charge is 0.482 e. The van der Waals surface area contributed by atoms with E-state index in [0.29, 0.717) is 3.57 Å². The van der Waals surface area contributed by atoms with E-state index < -0.39 is 10.9 Å². The number of nitrogens with zero attached hydrogens (tertiary/aromatic N) is 2. The maximum absolute atomic E-state index is 11.1. The number of esters is 1. The van der Waals surface area contributed by atoms with Gasteiger partial charge >= 0.3 is 11.7 Å². The molecule has 21 heavy (non-hydrogen) atoms. The van der Waals surface area contributed by atoms with E-state index in [1.54, 1.807) is 6.92 Å². The first-order valence-corrected chi connectivity index (χ1v) is 6.91. The highest BCUT2D eigenvalue weighted by molar-refractivity contribution is 14.1. The van der Waals surface area contributed by atoms with Gasteiger partial charge in [-0.2, -0.15) is 5.26 Å². The van der Waals surface area contributed by atoms with Crippen LogP contribution in [0.4, 0.5) is 5.69 Å². The first-order chi connectivity index (χ1) is 9.99. The van der Waals surface area contributed by atoms with Crippen LogP contribution in [0.15, 0.2) is 24.3 Å². The smallest absolute Gasteiger partial charge is 0.330 e. The SMILES string of the molecule is CCOC(=O)/C=C/COc1c(I)cc(C#N)cc1[N+](=O)[O-]. The van der Waals surface area contributed by atoms with Crippen LogP contribution in [0.1, 0.15) is 12.5 Å². The molecule has 7 nitrogen and oxygen atoms in total. The maximum Gasteiger partial charge on any atom is 0.330 e. The highest BCUT2D eigenvalue weighted by atomic mass is 127. The van der Waals surface area contributed by atoms with E-state index in [2.05, 4.69) is 4.74 Å². The molecule has 0 aromatic heterocycles. The summed E-state index contributed by atoms with van der Waals surface area (Å²) in [6, 6.07) is 4.48. The van der Waals surface area contributed by atoms with Crippen molar-refractivity contribution in [3.63, 3.8) is 0 Å². The summed E-state index contributed by atoms with van der Waals surface area (Å²) in [6.07, 6.45) is 2.59. The average molecular weight is 402 g/mol. The monoisotopic (exact) mass is 402 g/mol. The Morgan fingerprint density at radius 2 is 2.29 bits per heavy atom. The Morgan fingerprint density at radius 1 is 1.57 bits per heavy atom. The van der Waals surface area contributed by atoms with Gasteiger partial charge in [0.25, 0.3) is 0 Å². The number of carbonyl (C=O) groups excluding carboxylic acids is 1. The molecule has 0 fully saturated rings. The fourth-order valence-electron chi connectivity index (χ4n) is 1.39.